The molecule has 2 N–H and O–H groups in total. The van der Waals surface area contributed by atoms with E-state index in [9.17, 15) is 0 Å². The monoisotopic (exact) mass is 209 g/mol. The van der Waals surface area contributed by atoms with Crippen molar-refractivity contribution in [3.63, 3.8) is 0 Å². The maximum atomic E-state index is 6.01. The van der Waals surface area contributed by atoms with E-state index in [1.54, 1.807) is 0 Å². The third-order valence-corrected chi connectivity index (χ3v) is 3.71. The van der Waals surface area contributed by atoms with Crippen LogP contribution in [0.5, 0.6) is 0 Å². The van der Waals surface area contributed by atoms with Gasteiger partial charge in [0, 0.05) is 18.2 Å². The van der Waals surface area contributed by atoms with Crippen molar-refractivity contribution in [2.75, 3.05) is 17.2 Å². The smallest absolute Gasteiger partial charge is 0.127 e. The van der Waals surface area contributed by atoms with E-state index < -0.39 is 0 Å². The topological polar surface area (TPSA) is 43.8 Å². The zero-order valence-electron chi connectivity index (χ0n) is 8.15. The first-order valence-electron chi connectivity index (χ1n) is 4.82. The van der Waals surface area contributed by atoms with Crippen LogP contribution in [-0.2, 0) is 6.54 Å². The van der Waals surface area contributed by atoms with E-state index in [1.807, 2.05) is 28.7 Å². The molecular weight excluding hydrogens is 194 g/mol. The van der Waals surface area contributed by atoms with E-state index in [0.717, 1.165) is 23.8 Å². The second-order valence-corrected chi connectivity index (χ2v) is 4.67. The third-order valence-electron chi connectivity index (χ3n) is 2.55. The highest BCUT2D eigenvalue weighted by atomic mass is 32.2. The van der Waals surface area contributed by atoms with Gasteiger partial charge in [0.1, 0.15) is 5.82 Å². The summed E-state index contributed by atoms with van der Waals surface area (Å²) in [4.78, 5) is 4.39. The second kappa shape index (κ2) is 4.09. The summed E-state index contributed by atoms with van der Waals surface area (Å²) < 4.78 is 1.95. The fourth-order valence-electron chi connectivity index (χ4n) is 1.76. The first-order valence-corrected chi connectivity index (χ1v) is 5.97. The highest BCUT2D eigenvalue weighted by Gasteiger charge is 2.22. The Morgan fingerprint density at radius 3 is 3.29 bits per heavy atom. The summed E-state index contributed by atoms with van der Waals surface area (Å²) in [5.41, 5.74) is 7.09. The lowest BCUT2D eigenvalue weighted by Crippen LogP contribution is -2.05. The molecule has 2 heterocycles. The van der Waals surface area contributed by atoms with Crippen LogP contribution < -0.4 is 5.73 Å². The van der Waals surface area contributed by atoms with E-state index in [0.29, 0.717) is 5.92 Å². The van der Waals surface area contributed by atoms with Gasteiger partial charge in [-0.15, -0.1) is 6.58 Å². The zero-order valence-corrected chi connectivity index (χ0v) is 8.96. The Hall–Kier alpha value is -0.900. The van der Waals surface area contributed by atoms with Gasteiger partial charge < -0.3 is 10.3 Å². The molecule has 1 atom stereocenters. The van der Waals surface area contributed by atoms with E-state index in [-0.39, 0.29) is 0 Å². The molecule has 1 fully saturated rings. The molecule has 0 aliphatic carbocycles. The predicted octanol–water partition coefficient (Wildman–Crippen LogP) is 1.87. The fraction of sp³-hybridized carbons (Fsp3) is 0.500. The Morgan fingerprint density at radius 1 is 1.79 bits per heavy atom. The molecule has 0 saturated carbocycles. The number of nitrogens with two attached hydrogens (primary N) is 1. The van der Waals surface area contributed by atoms with Gasteiger partial charge >= 0.3 is 0 Å². The molecule has 1 aliphatic rings. The fourth-order valence-corrected chi connectivity index (χ4v) is 2.98. The van der Waals surface area contributed by atoms with E-state index >= 15 is 0 Å². The van der Waals surface area contributed by atoms with Crippen molar-refractivity contribution in [1.82, 2.24) is 9.55 Å². The van der Waals surface area contributed by atoms with Gasteiger partial charge in [0.25, 0.3) is 0 Å². The van der Waals surface area contributed by atoms with Crippen LogP contribution >= 0.6 is 11.8 Å². The van der Waals surface area contributed by atoms with Crippen LogP contribution in [0.1, 0.15) is 18.0 Å². The van der Waals surface area contributed by atoms with E-state index in [4.69, 9.17) is 5.73 Å². The number of nitrogen functional groups attached to an aromatic ring is 1. The molecule has 0 spiro atoms. The number of aromatic nitrogens is 2. The normalized spacial score (nSPS) is 21.3. The number of hydrogen-bond donors (Lipinski definition) is 1. The molecule has 4 heteroatoms. The van der Waals surface area contributed by atoms with Gasteiger partial charge in [0.05, 0.1) is 12.0 Å². The summed E-state index contributed by atoms with van der Waals surface area (Å²) >= 11 is 1.98. The molecule has 1 saturated heterocycles. The number of hydrogen-bond acceptors (Lipinski definition) is 3. The quantitative estimate of drug-likeness (QED) is 0.773. The van der Waals surface area contributed by atoms with Crippen molar-refractivity contribution in [1.29, 1.82) is 0 Å². The molecule has 1 aliphatic heterocycles. The van der Waals surface area contributed by atoms with Crippen molar-refractivity contribution in [3.8, 4) is 0 Å². The molecule has 1 aromatic heterocycles. The summed E-state index contributed by atoms with van der Waals surface area (Å²) in [5.74, 6) is 3.77. The number of thioether (sulfide) groups is 1. The highest BCUT2D eigenvalue weighted by molar-refractivity contribution is 7.99. The van der Waals surface area contributed by atoms with Crippen molar-refractivity contribution in [3.05, 3.63) is 24.7 Å². The Kier molecular flexibility index (Phi) is 2.82. The molecule has 1 aromatic rings. The van der Waals surface area contributed by atoms with Crippen molar-refractivity contribution < 1.29 is 0 Å². The summed E-state index contributed by atoms with van der Waals surface area (Å²) in [6.07, 6.45) is 4.86. The van der Waals surface area contributed by atoms with Gasteiger partial charge in [-0.1, -0.05) is 6.08 Å². The lowest BCUT2D eigenvalue weighted by atomic mass is 10.1. The van der Waals surface area contributed by atoms with Crippen LogP contribution in [0.15, 0.2) is 19.0 Å². The van der Waals surface area contributed by atoms with Gasteiger partial charge in [0.15, 0.2) is 0 Å². The summed E-state index contributed by atoms with van der Waals surface area (Å²) in [5, 5.41) is 0. The highest BCUT2D eigenvalue weighted by Crippen LogP contribution is 2.34. The second-order valence-electron chi connectivity index (χ2n) is 3.52. The van der Waals surface area contributed by atoms with Gasteiger partial charge in [-0.25, -0.2) is 4.98 Å². The Balaban J connectivity index is 2.21. The molecule has 76 valence electrons. The van der Waals surface area contributed by atoms with Crippen LogP contribution in [0.25, 0.3) is 0 Å². The first kappa shape index (κ1) is 9.65. The average Bonchev–Trinajstić information content (AvgIpc) is 2.77. The summed E-state index contributed by atoms with van der Waals surface area (Å²) in [7, 11) is 0. The standard InChI is InChI=1S/C10H15N3S/c1-2-4-13-7-12-9(10(13)11)8-3-5-14-6-8/h2,7-8H,1,3-6,11H2. The molecule has 0 amide bonds. The van der Waals surface area contributed by atoms with Crippen molar-refractivity contribution >= 4 is 17.6 Å². The maximum Gasteiger partial charge on any atom is 0.127 e. The maximum absolute atomic E-state index is 6.01. The minimum atomic E-state index is 0.561. The zero-order chi connectivity index (χ0) is 9.97. The third kappa shape index (κ3) is 1.66. The number of allylic oxidation sites excluding steroid dienone is 1. The number of anilines is 1. The molecular formula is C10H15N3S. The first-order chi connectivity index (χ1) is 6.83. The van der Waals surface area contributed by atoms with Crippen LogP contribution in [0.4, 0.5) is 5.82 Å². The van der Waals surface area contributed by atoms with Crippen LogP contribution in [0, 0.1) is 0 Å². The van der Waals surface area contributed by atoms with Crippen LogP contribution in [-0.4, -0.2) is 21.1 Å². The molecule has 0 bridgehead atoms. The van der Waals surface area contributed by atoms with Gasteiger partial charge in [-0.05, 0) is 12.2 Å². The van der Waals surface area contributed by atoms with Crippen molar-refractivity contribution in [2.24, 2.45) is 0 Å². The molecule has 3 nitrogen and oxygen atoms in total. The lowest BCUT2D eigenvalue weighted by molar-refractivity contribution is 0.759. The molecule has 0 aromatic carbocycles. The van der Waals surface area contributed by atoms with Gasteiger partial charge in [-0.2, -0.15) is 11.8 Å². The molecule has 2 rings (SSSR count). The van der Waals surface area contributed by atoms with Crippen LogP contribution in [0.3, 0.4) is 0 Å². The summed E-state index contributed by atoms with van der Waals surface area (Å²) in [6.45, 7) is 4.44. The Morgan fingerprint density at radius 2 is 2.64 bits per heavy atom. The largest absolute Gasteiger partial charge is 0.384 e. The molecule has 14 heavy (non-hydrogen) atoms. The molecule has 1 unspecified atom stereocenters. The van der Waals surface area contributed by atoms with E-state index in [2.05, 4.69) is 11.6 Å². The lowest BCUT2D eigenvalue weighted by Gasteiger charge is -2.06. The number of imidazole rings is 1. The minimum absolute atomic E-state index is 0.561. The number of rotatable bonds is 3. The van der Waals surface area contributed by atoms with Gasteiger partial charge in [0.2, 0.25) is 0 Å². The van der Waals surface area contributed by atoms with Gasteiger partial charge in [-0.3, -0.25) is 0 Å². The Labute approximate surface area is 88.4 Å². The van der Waals surface area contributed by atoms with Crippen molar-refractivity contribution in [2.45, 2.75) is 18.9 Å². The minimum Gasteiger partial charge on any atom is -0.384 e. The predicted molar refractivity (Wildman–Crippen MR) is 61.5 cm³/mol. The SMILES string of the molecule is C=CCn1cnc(C2CCSC2)c1N. The summed E-state index contributed by atoms with van der Waals surface area (Å²) in [6, 6.07) is 0. The van der Waals surface area contributed by atoms with E-state index in [1.165, 1.54) is 12.2 Å². The van der Waals surface area contributed by atoms with Crippen LogP contribution in [0.2, 0.25) is 0 Å². The average molecular weight is 209 g/mol. The molecule has 0 radical (unpaired) electrons. The Bertz CT molecular complexity index is 326. The number of nitrogens with zero attached hydrogens (tertiary/aromatic N) is 2.